The van der Waals surface area contributed by atoms with Gasteiger partial charge in [-0.2, -0.15) is 13.5 Å². The van der Waals surface area contributed by atoms with E-state index >= 15 is 0 Å². The van der Waals surface area contributed by atoms with Gasteiger partial charge in [0.15, 0.2) is 11.5 Å². The van der Waals surface area contributed by atoms with Crippen molar-refractivity contribution in [3.05, 3.63) is 12.7 Å². The number of carbonyl (C=O) groups is 1. The van der Waals surface area contributed by atoms with Crippen LogP contribution < -0.4 is 11.9 Å². The zero-order valence-electron chi connectivity index (χ0n) is 9.00. The summed E-state index contributed by atoms with van der Waals surface area (Å²) in [6, 6.07) is 0. The summed E-state index contributed by atoms with van der Waals surface area (Å²) in [5, 5.41) is 8.55. The Morgan fingerprint density at radius 1 is 1.41 bits per heavy atom. The Kier molecular flexibility index (Phi) is 5.35. The normalized spacial score (nSPS) is 9.41. The Bertz CT molecular complexity index is 514. The number of anilines is 1. The van der Waals surface area contributed by atoms with Gasteiger partial charge in [-0.3, -0.25) is 4.79 Å². The fraction of sp³-hybridized carbons (Fsp3) is 0.250. The van der Waals surface area contributed by atoms with E-state index in [0.29, 0.717) is 23.5 Å². The van der Waals surface area contributed by atoms with E-state index in [1.165, 1.54) is 12.7 Å². The van der Waals surface area contributed by atoms with Crippen LogP contribution in [0.2, 0.25) is 0 Å². The molecule has 0 aromatic carbocycles. The monoisotopic (exact) mass is 258 g/mol. The highest BCUT2D eigenvalue weighted by molar-refractivity contribution is 7.59. The van der Waals surface area contributed by atoms with Crippen molar-refractivity contribution >= 4 is 36.4 Å². The number of nitrogen functional groups attached to an aromatic ring is 1. The van der Waals surface area contributed by atoms with E-state index in [0.717, 1.165) is 0 Å². The Morgan fingerprint density at radius 2 is 2.12 bits per heavy atom. The van der Waals surface area contributed by atoms with E-state index < -0.39 is 5.97 Å². The molecule has 0 aliphatic carbocycles. The number of nitrogens with two attached hydrogens (primary N) is 1. The highest BCUT2D eigenvalue weighted by Crippen LogP contribution is 2.14. The molecule has 0 atom stereocenters. The van der Waals surface area contributed by atoms with Gasteiger partial charge < -0.3 is 21.6 Å². The molecule has 0 saturated heterocycles. The summed E-state index contributed by atoms with van der Waals surface area (Å²) in [6.45, 7) is 0.322. The number of hydrogen-bond acceptors (Lipinski definition) is 6. The van der Waals surface area contributed by atoms with Crippen LogP contribution in [0.4, 0.5) is 5.82 Å². The first-order valence-corrected chi connectivity index (χ1v) is 4.31. The third kappa shape index (κ3) is 3.04. The van der Waals surface area contributed by atoms with E-state index in [1.807, 2.05) is 0 Å². The number of aryl methyl sites for hydroxylation is 1. The van der Waals surface area contributed by atoms with Crippen molar-refractivity contribution in [2.24, 2.45) is 0 Å². The molecule has 0 amide bonds. The van der Waals surface area contributed by atoms with Crippen LogP contribution in [-0.2, 0) is 11.3 Å². The Hall–Kier alpha value is -1.87. The summed E-state index contributed by atoms with van der Waals surface area (Å²) in [4.78, 5) is 22.2. The lowest BCUT2D eigenvalue weighted by Gasteiger charge is -2.00. The summed E-state index contributed by atoms with van der Waals surface area (Å²) in [6.07, 6.45) is 2.87. The van der Waals surface area contributed by atoms with Crippen LogP contribution in [0.5, 0.6) is 0 Å². The first-order valence-electron chi connectivity index (χ1n) is 4.31. The summed E-state index contributed by atoms with van der Waals surface area (Å²) >= 11 is 0. The van der Waals surface area contributed by atoms with Crippen LogP contribution in [0.15, 0.2) is 12.7 Å². The van der Waals surface area contributed by atoms with Gasteiger partial charge in [0, 0.05) is 6.54 Å². The van der Waals surface area contributed by atoms with Gasteiger partial charge in [0.05, 0.1) is 12.7 Å². The first-order chi connectivity index (χ1) is 7.18. The van der Waals surface area contributed by atoms with E-state index in [-0.39, 0.29) is 26.1 Å². The van der Waals surface area contributed by atoms with Crippen LogP contribution in [0.1, 0.15) is 6.42 Å². The van der Waals surface area contributed by atoms with Crippen molar-refractivity contribution in [3.63, 3.8) is 0 Å². The molecular weight excluding hydrogens is 244 g/mol. The maximum atomic E-state index is 10.4. The number of imidazole rings is 1. The molecule has 0 saturated carbocycles. The molecule has 8 nitrogen and oxygen atoms in total. The van der Waals surface area contributed by atoms with Crippen molar-refractivity contribution < 1.29 is 9.90 Å². The molecule has 2 rings (SSSR count). The van der Waals surface area contributed by atoms with Crippen molar-refractivity contribution in [1.82, 2.24) is 25.7 Å². The Morgan fingerprint density at radius 3 is 2.76 bits per heavy atom. The highest BCUT2D eigenvalue weighted by atomic mass is 32.1. The number of nitrogens with zero attached hydrogens (tertiary/aromatic N) is 4. The highest BCUT2D eigenvalue weighted by Gasteiger charge is 2.08. The predicted molar refractivity (Wildman–Crippen MR) is 67.4 cm³/mol. The number of fused-ring (bicyclic) bond motifs is 1. The number of aliphatic carboxylic acids is 1. The molecule has 0 radical (unpaired) electrons. The van der Waals surface area contributed by atoms with Crippen molar-refractivity contribution in [1.29, 1.82) is 0 Å². The van der Waals surface area contributed by atoms with Crippen LogP contribution in [0.25, 0.3) is 11.2 Å². The fourth-order valence-corrected chi connectivity index (χ4v) is 1.28. The molecule has 9 heteroatoms. The second-order valence-corrected chi connectivity index (χ2v) is 3.01. The summed E-state index contributed by atoms with van der Waals surface area (Å²) in [7, 11) is 0. The third-order valence-electron chi connectivity index (χ3n) is 2.00. The molecule has 0 aliphatic heterocycles. The van der Waals surface area contributed by atoms with Gasteiger partial charge in [-0.1, -0.05) is 0 Å². The van der Waals surface area contributed by atoms with Crippen LogP contribution in [-0.4, -0.2) is 30.6 Å². The van der Waals surface area contributed by atoms with Gasteiger partial charge in [0.2, 0.25) is 0 Å². The molecule has 17 heavy (non-hydrogen) atoms. The second kappa shape index (κ2) is 6.01. The molecule has 94 valence electrons. The molecule has 6 N–H and O–H groups in total. The zero-order valence-corrected chi connectivity index (χ0v) is 10.00. The van der Waals surface area contributed by atoms with Crippen LogP contribution in [0.3, 0.4) is 0 Å². The van der Waals surface area contributed by atoms with Crippen molar-refractivity contribution in [2.75, 3.05) is 5.73 Å². The van der Waals surface area contributed by atoms with E-state index in [4.69, 9.17) is 10.8 Å². The van der Waals surface area contributed by atoms with E-state index in [1.54, 1.807) is 4.57 Å². The minimum absolute atomic E-state index is 0. The summed E-state index contributed by atoms with van der Waals surface area (Å²) in [5.74, 6) is -0.562. The predicted octanol–water partition coefficient (Wildman–Crippen LogP) is 0.158. The van der Waals surface area contributed by atoms with Crippen LogP contribution in [0, 0.1) is 0 Å². The van der Waals surface area contributed by atoms with Gasteiger partial charge in [-0.05, 0) is 0 Å². The molecule has 2 aromatic heterocycles. The molecule has 2 heterocycles. The third-order valence-corrected chi connectivity index (χ3v) is 2.00. The lowest BCUT2D eigenvalue weighted by atomic mass is 10.4. The molecule has 0 unspecified atom stereocenters. The zero-order chi connectivity index (χ0) is 10.8. The maximum absolute atomic E-state index is 10.4. The van der Waals surface area contributed by atoms with E-state index in [2.05, 4.69) is 15.0 Å². The maximum Gasteiger partial charge on any atom is 0.305 e. The molecule has 0 spiro atoms. The van der Waals surface area contributed by atoms with Gasteiger partial charge in [0.1, 0.15) is 11.8 Å². The number of aromatic nitrogens is 4. The second-order valence-electron chi connectivity index (χ2n) is 3.01. The fourth-order valence-electron chi connectivity index (χ4n) is 1.28. The molecule has 0 bridgehead atoms. The van der Waals surface area contributed by atoms with Gasteiger partial charge in [0.25, 0.3) is 0 Å². The van der Waals surface area contributed by atoms with Gasteiger partial charge in [-0.25, -0.2) is 15.0 Å². The quantitative estimate of drug-likeness (QED) is 0.711. The number of rotatable bonds is 3. The first kappa shape index (κ1) is 15.1. The van der Waals surface area contributed by atoms with E-state index in [9.17, 15) is 4.79 Å². The van der Waals surface area contributed by atoms with Crippen LogP contribution >= 0.6 is 13.5 Å². The van der Waals surface area contributed by atoms with Gasteiger partial charge >= 0.3 is 5.97 Å². The lowest BCUT2D eigenvalue weighted by Crippen LogP contribution is -2.04. The van der Waals surface area contributed by atoms with Crippen molar-refractivity contribution in [3.8, 4) is 0 Å². The SMILES string of the molecule is N.Nc1ncnc2c1ncn2CCC(=O)O.S. The smallest absolute Gasteiger partial charge is 0.305 e. The summed E-state index contributed by atoms with van der Waals surface area (Å²) < 4.78 is 1.64. The number of carboxylic acids is 1. The molecule has 2 aromatic rings. The molecular formula is C8H14N6O2S. The largest absolute Gasteiger partial charge is 0.481 e. The Balaban J connectivity index is 0.00000128. The topological polar surface area (TPSA) is 142 Å². The number of hydrogen-bond donors (Lipinski definition) is 3. The lowest BCUT2D eigenvalue weighted by molar-refractivity contribution is -0.137. The van der Waals surface area contributed by atoms with Crippen molar-refractivity contribution in [2.45, 2.75) is 13.0 Å². The number of carboxylic acid groups (broad SMARTS) is 1. The van der Waals surface area contributed by atoms with Gasteiger partial charge in [-0.15, -0.1) is 0 Å². The summed E-state index contributed by atoms with van der Waals surface area (Å²) in [5.41, 5.74) is 6.64. The average molecular weight is 258 g/mol. The molecule has 0 fully saturated rings. The Labute approximate surface area is 104 Å². The average Bonchev–Trinajstić information content (AvgIpc) is 2.59. The minimum atomic E-state index is -0.862. The molecule has 0 aliphatic rings. The standard InChI is InChI=1S/C8H9N5O2.H3N.H2S/c9-7-6-8(11-3-10-7)13(4-12-6)2-1-5(14)15;;/h3-4H,1-2H2,(H,14,15)(H2,9,10,11);1H3;1H2. The minimum Gasteiger partial charge on any atom is -0.481 e.